The van der Waals surface area contributed by atoms with Crippen LogP contribution in [0.15, 0.2) is 23.1 Å². The lowest BCUT2D eigenvalue weighted by molar-refractivity contribution is 0.346. The van der Waals surface area contributed by atoms with Crippen LogP contribution < -0.4 is 5.73 Å². The van der Waals surface area contributed by atoms with Gasteiger partial charge in [-0.15, -0.1) is 0 Å². The number of nitrogens with zero attached hydrogens (tertiary/aromatic N) is 1. The minimum Gasteiger partial charge on any atom is -0.320 e. The number of benzene rings is 1. The number of piperidine rings is 1. The fourth-order valence-electron chi connectivity index (χ4n) is 2.34. The van der Waals surface area contributed by atoms with E-state index in [1.54, 1.807) is 22.5 Å². The number of hydrogen-bond donors (Lipinski definition) is 1. The molecule has 0 aromatic heterocycles. The van der Waals surface area contributed by atoms with Gasteiger partial charge < -0.3 is 5.73 Å². The third-order valence-electron chi connectivity index (χ3n) is 3.48. The van der Waals surface area contributed by atoms with Gasteiger partial charge in [0.25, 0.3) is 0 Å². The van der Waals surface area contributed by atoms with E-state index in [9.17, 15) is 8.42 Å². The Kier molecular flexibility index (Phi) is 4.81. The van der Waals surface area contributed by atoms with Gasteiger partial charge in [-0.3, -0.25) is 0 Å². The molecule has 0 amide bonds. The van der Waals surface area contributed by atoms with Crippen molar-refractivity contribution < 1.29 is 8.42 Å². The minimum atomic E-state index is -3.36. The fraction of sp³-hybridized carbons (Fsp3) is 0.467. The molecular weight excluding hydrogens is 272 g/mol. The normalized spacial score (nSPS) is 16.5. The number of aryl methyl sites for hydroxylation is 1. The van der Waals surface area contributed by atoms with Gasteiger partial charge in [-0.1, -0.05) is 18.3 Å². The molecule has 1 aromatic rings. The summed E-state index contributed by atoms with van der Waals surface area (Å²) >= 11 is 0. The molecule has 20 heavy (non-hydrogen) atoms. The first-order chi connectivity index (χ1) is 9.55. The molecule has 1 saturated heterocycles. The number of nitrogens with two attached hydrogens (primary N) is 1. The highest BCUT2D eigenvalue weighted by Crippen LogP contribution is 2.22. The maximum atomic E-state index is 12.5. The zero-order valence-corrected chi connectivity index (χ0v) is 12.5. The number of hydrogen-bond acceptors (Lipinski definition) is 3. The van der Waals surface area contributed by atoms with E-state index in [0.29, 0.717) is 24.5 Å². The monoisotopic (exact) mass is 292 g/mol. The summed E-state index contributed by atoms with van der Waals surface area (Å²) in [6.45, 7) is 3.41. The smallest absolute Gasteiger partial charge is 0.243 e. The average Bonchev–Trinajstić information content (AvgIpc) is 2.47. The molecular formula is C15H20N2O2S. The predicted molar refractivity (Wildman–Crippen MR) is 79.7 cm³/mol. The van der Waals surface area contributed by atoms with Crippen LogP contribution in [-0.4, -0.2) is 32.4 Å². The average molecular weight is 292 g/mol. The molecule has 1 fully saturated rings. The van der Waals surface area contributed by atoms with Crippen molar-refractivity contribution in [3.63, 3.8) is 0 Å². The zero-order valence-electron chi connectivity index (χ0n) is 11.7. The van der Waals surface area contributed by atoms with E-state index < -0.39 is 10.0 Å². The van der Waals surface area contributed by atoms with Gasteiger partial charge in [0.15, 0.2) is 0 Å². The van der Waals surface area contributed by atoms with Gasteiger partial charge in [0.05, 0.1) is 11.4 Å². The SMILES string of the molecule is Cc1cc(S(=O)(=O)N2CCCCC2)ccc1C#CCN. The van der Waals surface area contributed by atoms with Crippen LogP contribution in [0.1, 0.15) is 30.4 Å². The van der Waals surface area contributed by atoms with Crippen LogP contribution in [0, 0.1) is 18.8 Å². The van der Waals surface area contributed by atoms with E-state index >= 15 is 0 Å². The Morgan fingerprint density at radius 2 is 1.95 bits per heavy atom. The van der Waals surface area contributed by atoms with E-state index in [-0.39, 0.29) is 0 Å². The minimum absolute atomic E-state index is 0.299. The molecule has 1 aromatic carbocycles. The molecule has 0 saturated carbocycles. The highest BCUT2D eigenvalue weighted by atomic mass is 32.2. The standard InChI is InChI=1S/C15H20N2O2S/c1-13-12-15(8-7-14(13)6-5-9-16)20(18,19)17-10-3-2-4-11-17/h7-8,12H,2-4,9-11,16H2,1H3. The van der Waals surface area contributed by atoms with Gasteiger partial charge in [-0.2, -0.15) is 4.31 Å². The molecule has 5 heteroatoms. The Morgan fingerprint density at radius 1 is 1.25 bits per heavy atom. The molecule has 1 aliphatic heterocycles. The van der Waals surface area contributed by atoms with Crippen LogP contribution in [0.2, 0.25) is 0 Å². The Hall–Kier alpha value is -1.35. The maximum Gasteiger partial charge on any atom is 0.243 e. The van der Waals surface area contributed by atoms with E-state index in [0.717, 1.165) is 30.4 Å². The van der Waals surface area contributed by atoms with Gasteiger partial charge in [-0.25, -0.2) is 8.42 Å². The Balaban J connectivity index is 2.30. The number of sulfonamides is 1. The molecule has 0 unspecified atom stereocenters. The summed E-state index contributed by atoms with van der Waals surface area (Å²) in [7, 11) is -3.36. The Bertz CT molecular complexity index is 636. The summed E-state index contributed by atoms with van der Waals surface area (Å²) in [5, 5.41) is 0. The van der Waals surface area contributed by atoms with Crippen molar-refractivity contribution in [2.45, 2.75) is 31.1 Å². The van der Waals surface area contributed by atoms with Crippen LogP contribution in [0.5, 0.6) is 0 Å². The Labute approximate surface area is 121 Å². The van der Waals surface area contributed by atoms with Crippen molar-refractivity contribution in [3.8, 4) is 11.8 Å². The van der Waals surface area contributed by atoms with Gasteiger partial charge in [0.2, 0.25) is 10.0 Å². The lowest BCUT2D eigenvalue weighted by atomic mass is 10.1. The Morgan fingerprint density at radius 3 is 2.55 bits per heavy atom. The second-order valence-corrected chi connectivity index (χ2v) is 6.89. The molecule has 0 atom stereocenters. The first kappa shape index (κ1) is 15.0. The summed E-state index contributed by atoms with van der Waals surface area (Å²) in [5.41, 5.74) is 7.04. The van der Waals surface area contributed by atoms with E-state index in [1.807, 2.05) is 6.92 Å². The van der Waals surface area contributed by atoms with Crippen molar-refractivity contribution in [2.24, 2.45) is 5.73 Å². The molecule has 1 heterocycles. The van der Waals surface area contributed by atoms with Gasteiger partial charge in [-0.05, 0) is 43.5 Å². The van der Waals surface area contributed by atoms with Crippen LogP contribution in [-0.2, 0) is 10.0 Å². The topological polar surface area (TPSA) is 63.4 Å². The quantitative estimate of drug-likeness (QED) is 0.840. The van der Waals surface area contributed by atoms with Crippen molar-refractivity contribution in [3.05, 3.63) is 29.3 Å². The second kappa shape index (κ2) is 6.40. The largest absolute Gasteiger partial charge is 0.320 e. The third-order valence-corrected chi connectivity index (χ3v) is 5.37. The van der Waals surface area contributed by atoms with Crippen molar-refractivity contribution in [2.75, 3.05) is 19.6 Å². The molecule has 108 valence electrons. The van der Waals surface area contributed by atoms with E-state index in [4.69, 9.17) is 5.73 Å². The van der Waals surface area contributed by atoms with E-state index in [2.05, 4.69) is 11.8 Å². The molecule has 2 rings (SSSR count). The van der Waals surface area contributed by atoms with Gasteiger partial charge in [0, 0.05) is 18.7 Å². The summed E-state index contributed by atoms with van der Waals surface area (Å²) in [6, 6.07) is 5.09. The molecule has 0 radical (unpaired) electrons. The van der Waals surface area contributed by atoms with Gasteiger partial charge in [0.1, 0.15) is 0 Å². The molecule has 1 aliphatic rings. The first-order valence-electron chi connectivity index (χ1n) is 6.85. The fourth-order valence-corrected chi connectivity index (χ4v) is 3.94. The van der Waals surface area contributed by atoms with Crippen LogP contribution in [0.3, 0.4) is 0 Å². The van der Waals surface area contributed by atoms with Crippen molar-refractivity contribution >= 4 is 10.0 Å². The predicted octanol–water partition coefficient (Wildman–Crippen LogP) is 1.48. The molecule has 0 aliphatic carbocycles. The first-order valence-corrected chi connectivity index (χ1v) is 8.29. The van der Waals surface area contributed by atoms with Crippen LogP contribution >= 0.6 is 0 Å². The summed E-state index contributed by atoms with van der Waals surface area (Å²) in [5.74, 6) is 5.73. The summed E-state index contributed by atoms with van der Waals surface area (Å²) in [6.07, 6.45) is 3.00. The highest BCUT2D eigenvalue weighted by Gasteiger charge is 2.25. The second-order valence-electron chi connectivity index (χ2n) is 4.95. The molecule has 4 nitrogen and oxygen atoms in total. The zero-order chi connectivity index (χ0) is 14.6. The third kappa shape index (κ3) is 3.21. The van der Waals surface area contributed by atoms with Crippen molar-refractivity contribution in [1.82, 2.24) is 4.31 Å². The number of rotatable bonds is 2. The van der Waals surface area contributed by atoms with Gasteiger partial charge >= 0.3 is 0 Å². The molecule has 2 N–H and O–H groups in total. The summed E-state index contributed by atoms with van der Waals surface area (Å²) in [4.78, 5) is 0.357. The molecule has 0 spiro atoms. The lowest BCUT2D eigenvalue weighted by Gasteiger charge is -2.26. The van der Waals surface area contributed by atoms with Crippen molar-refractivity contribution in [1.29, 1.82) is 0 Å². The lowest BCUT2D eigenvalue weighted by Crippen LogP contribution is -2.35. The van der Waals surface area contributed by atoms with E-state index in [1.165, 1.54) is 0 Å². The van der Waals surface area contributed by atoms with Crippen LogP contribution in [0.4, 0.5) is 0 Å². The molecule has 0 bridgehead atoms. The van der Waals surface area contributed by atoms with Crippen LogP contribution in [0.25, 0.3) is 0 Å². The summed E-state index contributed by atoms with van der Waals surface area (Å²) < 4.78 is 26.6. The maximum absolute atomic E-state index is 12.5. The highest BCUT2D eigenvalue weighted by molar-refractivity contribution is 7.89.